The normalized spacial score (nSPS) is 14.0. The molecule has 0 aliphatic rings. The highest BCUT2D eigenvalue weighted by Gasteiger charge is 2.61. The van der Waals surface area contributed by atoms with Gasteiger partial charge >= 0.3 is 26.4 Å². The molecule has 1 aromatic rings. The summed E-state index contributed by atoms with van der Waals surface area (Å²) in [5.74, 6) is 0. The first-order chi connectivity index (χ1) is 15.8. The van der Waals surface area contributed by atoms with Crippen molar-refractivity contribution in [1.82, 2.24) is 0 Å². The highest BCUT2D eigenvalue weighted by Crippen LogP contribution is 2.31. The molecule has 3 unspecified atom stereocenters. The second-order valence-electron chi connectivity index (χ2n) is 9.14. The van der Waals surface area contributed by atoms with Crippen molar-refractivity contribution in [3.05, 3.63) is 42.6 Å². The molecule has 1 aromatic carbocycles. The molecule has 0 radical (unpaired) electrons. The van der Waals surface area contributed by atoms with Gasteiger partial charge in [0.25, 0.3) is 0 Å². The molecule has 0 aliphatic heterocycles. The van der Waals surface area contributed by atoms with Crippen molar-refractivity contribution in [3.8, 4) is 0 Å². The van der Waals surface area contributed by atoms with Crippen LogP contribution in [0.3, 0.4) is 0 Å². The zero-order valence-corrected chi connectivity index (χ0v) is 27.1. The maximum absolute atomic E-state index is 11.9. The summed E-state index contributed by atoms with van der Waals surface area (Å²) < 4.78 is 35.8. The molecule has 0 aliphatic carbocycles. The maximum atomic E-state index is 11.9. The summed E-state index contributed by atoms with van der Waals surface area (Å²) in [7, 11) is -12.1. The van der Waals surface area contributed by atoms with Gasteiger partial charge in [-0.25, -0.2) is 0 Å². The lowest BCUT2D eigenvalue weighted by atomic mass is 10.2. The van der Waals surface area contributed by atoms with Crippen LogP contribution in [0.1, 0.15) is 107 Å². The highest BCUT2D eigenvalue weighted by molar-refractivity contribution is 7.42. The number of rotatable bonds is 17. The van der Waals surface area contributed by atoms with Crippen LogP contribution in [0.4, 0.5) is 0 Å². The molecule has 0 aromatic heterocycles. The molecule has 3 atom stereocenters. The van der Waals surface area contributed by atoms with Gasteiger partial charge < -0.3 is 35.2 Å². The van der Waals surface area contributed by atoms with Crippen molar-refractivity contribution >= 4 is 47.3 Å². The van der Waals surface area contributed by atoms with Gasteiger partial charge in [0.05, 0.1) is 0 Å². The molecule has 0 amide bonds. The second kappa shape index (κ2) is 30.1. The molecule has 0 saturated heterocycles. The van der Waals surface area contributed by atoms with Gasteiger partial charge in [-0.2, -0.15) is 0 Å². The summed E-state index contributed by atoms with van der Waals surface area (Å²) in [4.78, 5) is 22.5. The Hall–Kier alpha value is -0.276. The number of hydrogen-bond acceptors (Lipinski definition) is 8. The van der Waals surface area contributed by atoms with Crippen LogP contribution in [0.15, 0.2) is 42.6 Å². The lowest BCUT2D eigenvalue weighted by Gasteiger charge is -2.44. The fraction of sp³-hybridized carbons (Fsp3) is 0.742. The topological polar surface area (TPSA) is 95.8 Å². The zero-order chi connectivity index (χ0) is 26.1. The average molecular weight is 725 g/mol. The van der Waals surface area contributed by atoms with Crippen LogP contribution >= 0.6 is 0 Å². The monoisotopic (exact) mass is 725 g/mol. The standard InChI is InChI=1S/C21H44O8Si5.10CH4/c1-10-12-13-17-20-31(8,22)32(9,21-18-15-14-16-19-21)29-34(25-4,26-5)28-30(6,7)27-33(23,11-2)24-3;;;;;;;;;;/h11,14-16,18-19,22-23H,2,10,12-13,17,20H2,1,3-9H3;10*1H4. The van der Waals surface area contributed by atoms with E-state index in [1.807, 2.05) is 43.4 Å². The zero-order valence-electron chi connectivity index (χ0n) is 22.1. The first kappa shape index (κ1) is 70.2. The van der Waals surface area contributed by atoms with E-state index in [4.69, 9.17) is 25.6 Å². The van der Waals surface area contributed by atoms with Crippen molar-refractivity contribution in [2.45, 2.75) is 139 Å². The van der Waals surface area contributed by atoms with Crippen LogP contribution in [0.5, 0.6) is 0 Å². The summed E-state index contributed by atoms with van der Waals surface area (Å²) in [6.45, 7) is 13.3. The van der Waals surface area contributed by atoms with E-state index < -0.39 is 42.1 Å². The number of hydrogen-bond donors (Lipinski definition) is 2. The largest absolute Gasteiger partial charge is 0.659 e. The Balaban J connectivity index is -0.000000144. The Morgan fingerprint density at radius 1 is 0.659 bits per heavy atom. The van der Waals surface area contributed by atoms with Crippen LogP contribution < -0.4 is 5.19 Å². The predicted octanol–water partition coefficient (Wildman–Crippen LogP) is 9.84. The fourth-order valence-electron chi connectivity index (χ4n) is 3.73. The van der Waals surface area contributed by atoms with Gasteiger partial charge in [0, 0.05) is 21.3 Å². The van der Waals surface area contributed by atoms with Crippen molar-refractivity contribution < 1.29 is 35.2 Å². The SMILES string of the molecule is C.C.C.C.C.C.C.C.C.C.C=C[Si](O)(OC)O[Si](C)(C)O[Si](OC)(OC)O[Si](C)(c1ccccc1)[Si](C)(O)CCCCCC. The summed E-state index contributed by atoms with van der Waals surface area (Å²) >= 11 is 0. The van der Waals surface area contributed by atoms with Crippen molar-refractivity contribution in [3.63, 3.8) is 0 Å². The Kier molecular flexibility index (Phi) is 48.0. The van der Waals surface area contributed by atoms with E-state index in [1.165, 1.54) is 27.0 Å². The van der Waals surface area contributed by atoms with E-state index in [9.17, 15) is 9.59 Å². The third kappa shape index (κ3) is 19.4. The van der Waals surface area contributed by atoms with Gasteiger partial charge in [-0.05, 0) is 43.1 Å². The molecule has 0 saturated carbocycles. The quantitative estimate of drug-likeness (QED) is 0.121. The summed E-state index contributed by atoms with van der Waals surface area (Å²) in [5, 5.41) is 0.964. The van der Waals surface area contributed by atoms with E-state index in [0.717, 1.165) is 30.9 Å². The number of unbranched alkanes of at least 4 members (excludes halogenated alkanes) is 3. The fourth-order valence-corrected chi connectivity index (χ4v) is 26.0. The maximum Gasteiger partial charge on any atom is 0.659 e. The van der Waals surface area contributed by atoms with Crippen LogP contribution in [0, 0.1) is 0 Å². The highest BCUT2D eigenvalue weighted by atomic mass is 29.3. The van der Waals surface area contributed by atoms with Gasteiger partial charge in [-0.3, -0.25) is 0 Å². The second-order valence-corrected chi connectivity index (χ2v) is 30.1. The van der Waals surface area contributed by atoms with Gasteiger partial charge in [0.1, 0.15) is 0 Å². The molecule has 8 nitrogen and oxygen atoms in total. The van der Waals surface area contributed by atoms with Crippen molar-refractivity contribution in [1.29, 1.82) is 0 Å². The molecule has 276 valence electrons. The summed E-state index contributed by atoms with van der Waals surface area (Å²) in [5.41, 5.74) is 1.28. The first-order valence-corrected chi connectivity index (χ1v) is 24.0. The molecule has 0 bridgehead atoms. The van der Waals surface area contributed by atoms with E-state index in [0.29, 0.717) is 6.04 Å². The molecule has 0 heterocycles. The molecule has 44 heavy (non-hydrogen) atoms. The van der Waals surface area contributed by atoms with Crippen molar-refractivity contribution in [2.75, 3.05) is 21.3 Å². The van der Waals surface area contributed by atoms with Crippen LogP contribution in [-0.4, -0.2) is 73.0 Å². The van der Waals surface area contributed by atoms with Crippen LogP contribution in [0.2, 0.25) is 32.2 Å². The van der Waals surface area contributed by atoms with E-state index in [2.05, 4.69) is 13.5 Å². The summed E-state index contributed by atoms with van der Waals surface area (Å²) in [6.07, 6.45) is 4.28. The predicted molar refractivity (Wildman–Crippen MR) is 213 cm³/mol. The summed E-state index contributed by atoms with van der Waals surface area (Å²) in [6, 6.07) is 10.6. The lowest BCUT2D eigenvalue weighted by Crippen LogP contribution is -2.74. The Labute approximate surface area is 284 Å². The minimum absolute atomic E-state index is 0. The third-order valence-electron chi connectivity index (χ3n) is 6.01. The lowest BCUT2D eigenvalue weighted by molar-refractivity contribution is 0.0652. The van der Waals surface area contributed by atoms with E-state index in [1.54, 1.807) is 13.1 Å². The molecular weight excluding hydrogens is 641 g/mol. The van der Waals surface area contributed by atoms with Crippen molar-refractivity contribution in [2.24, 2.45) is 0 Å². The smallest absolute Gasteiger partial charge is 0.431 e. The van der Waals surface area contributed by atoms with Crippen LogP contribution in [0.25, 0.3) is 0 Å². The Morgan fingerprint density at radius 2 is 1.11 bits per heavy atom. The molecule has 0 fully saturated rings. The third-order valence-corrected chi connectivity index (χ3v) is 30.4. The van der Waals surface area contributed by atoms with Gasteiger partial charge in [-0.1, -0.05) is 144 Å². The van der Waals surface area contributed by atoms with E-state index >= 15 is 0 Å². The minimum atomic E-state index is -3.79. The minimum Gasteiger partial charge on any atom is -0.431 e. The molecule has 1 rings (SSSR count). The molecule has 13 heteroatoms. The Bertz CT molecular complexity index is 756. The molecule has 0 spiro atoms. The van der Waals surface area contributed by atoms with Gasteiger partial charge in [0.2, 0.25) is 15.7 Å². The van der Waals surface area contributed by atoms with Crippen LogP contribution in [-0.2, 0) is 25.6 Å². The average Bonchev–Trinajstić information content (AvgIpc) is 2.81. The Morgan fingerprint density at radius 3 is 1.48 bits per heavy atom. The molecule has 2 N–H and O–H groups in total. The van der Waals surface area contributed by atoms with Gasteiger partial charge in [-0.15, -0.1) is 0 Å². The van der Waals surface area contributed by atoms with E-state index in [-0.39, 0.29) is 74.3 Å². The van der Waals surface area contributed by atoms with Gasteiger partial charge in [0.15, 0.2) is 0 Å². The first-order valence-electron chi connectivity index (χ1n) is 11.7. The number of benzene rings is 1. The molecular formula is C31H84O8Si5.